The van der Waals surface area contributed by atoms with E-state index in [0.717, 1.165) is 11.1 Å². The van der Waals surface area contributed by atoms with Crippen molar-refractivity contribution >= 4 is 11.6 Å². The summed E-state index contributed by atoms with van der Waals surface area (Å²) in [4.78, 5) is 4.07. The lowest BCUT2D eigenvalue weighted by atomic mass is 10.1. The minimum absolute atomic E-state index is 0.438. The van der Waals surface area contributed by atoms with Gasteiger partial charge in [0, 0.05) is 11.8 Å². The molecule has 2 rings (SSSR count). The van der Waals surface area contributed by atoms with Crippen molar-refractivity contribution in [3.63, 3.8) is 0 Å². The lowest BCUT2D eigenvalue weighted by Crippen LogP contribution is -1.87. The summed E-state index contributed by atoms with van der Waals surface area (Å²) in [6, 6.07) is 9.16. The molecule has 0 aliphatic heterocycles. The molecule has 1 aromatic carbocycles. The summed E-state index contributed by atoms with van der Waals surface area (Å²) in [5.41, 5.74) is 2.27. The molecule has 3 nitrogen and oxygen atoms in total. The summed E-state index contributed by atoms with van der Waals surface area (Å²) in [5.74, 6) is 0.683. The summed E-state index contributed by atoms with van der Waals surface area (Å²) in [6.45, 7) is 0. The molecule has 2 aromatic rings. The molecule has 0 aliphatic carbocycles. The van der Waals surface area contributed by atoms with Gasteiger partial charge in [0.2, 0.25) is 0 Å². The van der Waals surface area contributed by atoms with E-state index in [-0.39, 0.29) is 0 Å². The van der Waals surface area contributed by atoms with E-state index in [0.29, 0.717) is 16.3 Å². The van der Waals surface area contributed by atoms with Crippen LogP contribution < -0.4 is 4.74 Å². The summed E-state index contributed by atoms with van der Waals surface area (Å²) in [5, 5.41) is 9.23. The van der Waals surface area contributed by atoms with Crippen molar-refractivity contribution in [1.82, 2.24) is 4.98 Å². The molecule has 0 fully saturated rings. The van der Waals surface area contributed by atoms with Gasteiger partial charge >= 0.3 is 0 Å². The van der Waals surface area contributed by atoms with Crippen molar-refractivity contribution < 1.29 is 4.74 Å². The van der Waals surface area contributed by atoms with Crippen molar-refractivity contribution in [2.75, 3.05) is 7.11 Å². The Hall–Kier alpha value is -2.05. The molecular formula is C13H9ClN2O. The van der Waals surface area contributed by atoms with Crippen LogP contribution >= 0.6 is 11.6 Å². The molecule has 0 aliphatic rings. The average molecular weight is 245 g/mol. The summed E-state index contributed by atoms with van der Waals surface area (Å²) >= 11 is 5.98. The van der Waals surface area contributed by atoms with Crippen molar-refractivity contribution in [2.45, 2.75) is 0 Å². The zero-order valence-electron chi connectivity index (χ0n) is 9.14. The number of hydrogen-bond acceptors (Lipinski definition) is 3. The number of hydrogen-bond donors (Lipinski definition) is 0. The van der Waals surface area contributed by atoms with Crippen LogP contribution in [0.15, 0.2) is 36.7 Å². The van der Waals surface area contributed by atoms with E-state index in [1.165, 1.54) is 0 Å². The predicted molar refractivity (Wildman–Crippen MR) is 66.0 cm³/mol. The van der Waals surface area contributed by atoms with E-state index in [4.69, 9.17) is 21.6 Å². The number of halogens is 1. The van der Waals surface area contributed by atoms with E-state index < -0.39 is 0 Å². The number of nitrogens with zero attached hydrogens (tertiary/aromatic N) is 2. The van der Waals surface area contributed by atoms with E-state index >= 15 is 0 Å². The Labute approximate surface area is 104 Å². The van der Waals surface area contributed by atoms with Gasteiger partial charge in [-0.3, -0.25) is 4.98 Å². The number of pyridine rings is 1. The van der Waals surface area contributed by atoms with Crippen molar-refractivity contribution in [3.05, 3.63) is 47.2 Å². The van der Waals surface area contributed by atoms with Crippen LogP contribution in [-0.4, -0.2) is 12.1 Å². The van der Waals surface area contributed by atoms with Gasteiger partial charge in [0.05, 0.1) is 23.9 Å². The zero-order chi connectivity index (χ0) is 12.3. The van der Waals surface area contributed by atoms with Gasteiger partial charge in [0.25, 0.3) is 0 Å². The molecule has 17 heavy (non-hydrogen) atoms. The first-order chi connectivity index (χ1) is 8.24. The topological polar surface area (TPSA) is 45.9 Å². The molecule has 0 unspecified atom stereocenters. The third-order valence-electron chi connectivity index (χ3n) is 2.37. The normalized spacial score (nSPS) is 9.71. The van der Waals surface area contributed by atoms with Gasteiger partial charge in [0.15, 0.2) is 0 Å². The second-order valence-electron chi connectivity index (χ2n) is 3.42. The van der Waals surface area contributed by atoms with Crippen LogP contribution in [0.2, 0.25) is 5.02 Å². The first kappa shape index (κ1) is 11.4. The molecule has 0 saturated heterocycles. The maximum absolute atomic E-state index is 8.80. The molecular weight excluding hydrogens is 236 g/mol. The molecule has 0 amide bonds. The fourth-order valence-electron chi connectivity index (χ4n) is 1.47. The van der Waals surface area contributed by atoms with Crippen LogP contribution in [0, 0.1) is 11.3 Å². The molecule has 0 spiro atoms. The van der Waals surface area contributed by atoms with E-state index in [1.807, 2.05) is 18.2 Å². The second-order valence-corrected chi connectivity index (χ2v) is 3.83. The summed E-state index contributed by atoms with van der Waals surface area (Å²) in [6.07, 6.45) is 3.36. The fourth-order valence-corrected chi connectivity index (χ4v) is 1.70. The first-order valence-electron chi connectivity index (χ1n) is 4.93. The van der Waals surface area contributed by atoms with Crippen LogP contribution in [0.5, 0.6) is 5.75 Å². The maximum atomic E-state index is 8.80. The Morgan fingerprint density at radius 3 is 2.71 bits per heavy atom. The van der Waals surface area contributed by atoms with Gasteiger partial charge in [-0.2, -0.15) is 5.26 Å². The Kier molecular flexibility index (Phi) is 3.27. The molecule has 0 radical (unpaired) electrons. The highest BCUT2D eigenvalue weighted by Crippen LogP contribution is 2.26. The number of benzene rings is 1. The molecule has 1 aromatic heterocycles. The van der Waals surface area contributed by atoms with Crippen molar-refractivity contribution in [3.8, 4) is 22.9 Å². The molecule has 1 heterocycles. The lowest BCUT2D eigenvalue weighted by Gasteiger charge is -2.05. The lowest BCUT2D eigenvalue weighted by molar-refractivity contribution is 0.413. The Morgan fingerprint density at radius 1 is 1.24 bits per heavy atom. The zero-order valence-corrected chi connectivity index (χ0v) is 9.90. The number of ether oxygens (including phenoxy) is 1. The standard InChI is InChI=1S/C13H9ClN2O/c1-17-12-4-11(7-16-8-12)9-2-3-10(6-15)13(14)5-9/h2-5,7-8H,1H3. The molecule has 84 valence electrons. The largest absolute Gasteiger partial charge is 0.495 e. The monoisotopic (exact) mass is 244 g/mol. The quantitative estimate of drug-likeness (QED) is 0.814. The third kappa shape index (κ3) is 2.38. The fraction of sp³-hybridized carbons (Fsp3) is 0.0769. The maximum Gasteiger partial charge on any atom is 0.137 e. The van der Waals surface area contributed by atoms with Crippen molar-refractivity contribution in [2.24, 2.45) is 0 Å². The van der Waals surface area contributed by atoms with Crippen LogP contribution in [0.3, 0.4) is 0 Å². The molecule has 0 saturated carbocycles. The third-order valence-corrected chi connectivity index (χ3v) is 2.68. The SMILES string of the molecule is COc1cncc(-c2ccc(C#N)c(Cl)c2)c1. The van der Waals surface area contributed by atoms with E-state index in [2.05, 4.69) is 4.98 Å². The van der Waals surface area contributed by atoms with Crippen LogP contribution in [0.1, 0.15) is 5.56 Å². The minimum atomic E-state index is 0.438. The molecule has 4 heteroatoms. The predicted octanol–water partition coefficient (Wildman–Crippen LogP) is 3.28. The molecule has 0 bridgehead atoms. The number of rotatable bonds is 2. The van der Waals surface area contributed by atoms with Crippen LogP contribution in [0.25, 0.3) is 11.1 Å². The highest BCUT2D eigenvalue weighted by molar-refractivity contribution is 6.32. The van der Waals surface area contributed by atoms with Crippen LogP contribution in [-0.2, 0) is 0 Å². The number of nitriles is 1. The Balaban J connectivity index is 2.46. The van der Waals surface area contributed by atoms with E-state index in [1.54, 1.807) is 31.6 Å². The van der Waals surface area contributed by atoms with Gasteiger partial charge in [0.1, 0.15) is 11.8 Å². The van der Waals surface area contributed by atoms with Gasteiger partial charge < -0.3 is 4.74 Å². The highest BCUT2D eigenvalue weighted by atomic mass is 35.5. The Bertz CT molecular complexity index is 590. The second kappa shape index (κ2) is 4.86. The summed E-state index contributed by atoms with van der Waals surface area (Å²) < 4.78 is 5.10. The number of methoxy groups -OCH3 is 1. The molecule has 0 N–H and O–H groups in total. The Morgan fingerprint density at radius 2 is 2.06 bits per heavy atom. The van der Waals surface area contributed by atoms with Gasteiger partial charge in [-0.25, -0.2) is 0 Å². The number of aromatic nitrogens is 1. The van der Waals surface area contributed by atoms with Gasteiger partial charge in [-0.1, -0.05) is 17.7 Å². The van der Waals surface area contributed by atoms with E-state index in [9.17, 15) is 0 Å². The van der Waals surface area contributed by atoms with Crippen LogP contribution in [0.4, 0.5) is 0 Å². The smallest absolute Gasteiger partial charge is 0.137 e. The van der Waals surface area contributed by atoms with Crippen molar-refractivity contribution in [1.29, 1.82) is 5.26 Å². The molecule has 0 atom stereocenters. The first-order valence-corrected chi connectivity index (χ1v) is 5.31. The highest BCUT2D eigenvalue weighted by Gasteiger charge is 2.04. The van der Waals surface area contributed by atoms with Gasteiger partial charge in [-0.15, -0.1) is 0 Å². The average Bonchev–Trinajstić information content (AvgIpc) is 2.38. The minimum Gasteiger partial charge on any atom is -0.495 e. The van der Waals surface area contributed by atoms with Gasteiger partial charge in [-0.05, 0) is 23.8 Å². The summed E-state index contributed by atoms with van der Waals surface area (Å²) in [7, 11) is 1.59.